The van der Waals surface area contributed by atoms with Gasteiger partial charge in [0.15, 0.2) is 0 Å². The number of aryl methyl sites for hydroxylation is 1. The summed E-state index contributed by atoms with van der Waals surface area (Å²) in [6, 6.07) is 9.62. The zero-order valence-electron chi connectivity index (χ0n) is 12.8. The van der Waals surface area contributed by atoms with Gasteiger partial charge in [-0.2, -0.15) is 5.10 Å². The molecule has 6 heteroatoms. The molecule has 0 saturated heterocycles. The first kappa shape index (κ1) is 16.2. The maximum absolute atomic E-state index is 12.2. The predicted molar refractivity (Wildman–Crippen MR) is 83.1 cm³/mol. The number of hydrogen-bond donors (Lipinski definition) is 2. The number of nitrogens with one attached hydrogen (secondary N) is 1. The number of nitrogens with zero attached hydrogens (tertiary/aromatic N) is 2. The fourth-order valence-electron chi connectivity index (χ4n) is 2.12. The summed E-state index contributed by atoms with van der Waals surface area (Å²) in [6.45, 7) is 2.45. The zero-order chi connectivity index (χ0) is 15.9. The van der Waals surface area contributed by atoms with Gasteiger partial charge in [0.2, 0.25) is 0 Å². The first-order chi connectivity index (χ1) is 10.6. The number of para-hydroxylation sites is 1. The number of methoxy groups -OCH3 is 1. The number of rotatable bonds is 7. The molecule has 1 unspecified atom stereocenters. The van der Waals surface area contributed by atoms with Crippen LogP contribution in [0.2, 0.25) is 0 Å². The SMILES string of the molecule is COCC(O)CCNC(=O)c1cn(-c2ccccc2)nc1C. The molecule has 2 rings (SSSR count). The van der Waals surface area contributed by atoms with Crippen LogP contribution in [0.1, 0.15) is 22.5 Å². The summed E-state index contributed by atoms with van der Waals surface area (Å²) in [5, 5.41) is 16.7. The Balaban J connectivity index is 1.97. The van der Waals surface area contributed by atoms with Crippen LogP contribution in [-0.4, -0.2) is 47.2 Å². The lowest BCUT2D eigenvalue weighted by Gasteiger charge is -2.09. The van der Waals surface area contributed by atoms with E-state index in [-0.39, 0.29) is 12.5 Å². The summed E-state index contributed by atoms with van der Waals surface area (Å²) >= 11 is 0. The van der Waals surface area contributed by atoms with E-state index < -0.39 is 6.10 Å². The first-order valence-electron chi connectivity index (χ1n) is 7.18. The molecule has 0 aliphatic rings. The Morgan fingerprint density at radius 1 is 1.41 bits per heavy atom. The van der Waals surface area contributed by atoms with Crippen LogP contribution in [0.25, 0.3) is 5.69 Å². The number of benzene rings is 1. The third kappa shape index (κ3) is 4.16. The van der Waals surface area contributed by atoms with Crippen LogP contribution < -0.4 is 5.32 Å². The highest BCUT2D eigenvalue weighted by Crippen LogP contribution is 2.11. The van der Waals surface area contributed by atoms with Gasteiger partial charge >= 0.3 is 0 Å². The second-order valence-electron chi connectivity index (χ2n) is 5.06. The number of carbonyl (C=O) groups is 1. The van der Waals surface area contributed by atoms with Crippen LogP contribution in [0.15, 0.2) is 36.5 Å². The molecule has 118 valence electrons. The van der Waals surface area contributed by atoms with Crippen molar-refractivity contribution in [3.05, 3.63) is 47.8 Å². The lowest BCUT2D eigenvalue weighted by Crippen LogP contribution is -2.28. The average molecular weight is 303 g/mol. The summed E-state index contributed by atoms with van der Waals surface area (Å²) in [5.41, 5.74) is 2.10. The van der Waals surface area contributed by atoms with Gasteiger partial charge in [0, 0.05) is 19.9 Å². The molecule has 1 aromatic carbocycles. The van der Waals surface area contributed by atoms with Gasteiger partial charge < -0.3 is 15.2 Å². The van der Waals surface area contributed by atoms with Crippen molar-refractivity contribution in [3.8, 4) is 5.69 Å². The van der Waals surface area contributed by atoms with E-state index in [9.17, 15) is 9.90 Å². The smallest absolute Gasteiger partial charge is 0.254 e. The number of ether oxygens (including phenoxy) is 1. The number of hydrogen-bond acceptors (Lipinski definition) is 4. The highest BCUT2D eigenvalue weighted by molar-refractivity contribution is 5.95. The van der Waals surface area contributed by atoms with Crippen LogP contribution in [0, 0.1) is 6.92 Å². The monoisotopic (exact) mass is 303 g/mol. The Bertz CT molecular complexity index is 610. The summed E-state index contributed by atoms with van der Waals surface area (Å²) < 4.78 is 6.53. The molecule has 1 aromatic heterocycles. The van der Waals surface area contributed by atoms with Gasteiger partial charge in [0.1, 0.15) is 0 Å². The Hall–Kier alpha value is -2.18. The summed E-state index contributed by atoms with van der Waals surface area (Å²) in [5.74, 6) is -0.190. The fraction of sp³-hybridized carbons (Fsp3) is 0.375. The van der Waals surface area contributed by atoms with Crippen molar-refractivity contribution in [3.63, 3.8) is 0 Å². The molecule has 1 atom stereocenters. The number of aliphatic hydroxyl groups excluding tert-OH is 1. The lowest BCUT2D eigenvalue weighted by atomic mass is 10.2. The molecule has 0 aliphatic heterocycles. The van der Waals surface area contributed by atoms with E-state index in [1.54, 1.807) is 17.8 Å². The predicted octanol–water partition coefficient (Wildman–Crippen LogP) is 1.31. The molecule has 1 amide bonds. The average Bonchev–Trinajstić information content (AvgIpc) is 2.90. The van der Waals surface area contributed by atoms with Crippen LogP contribution >= 0.6 is 0 Å². The zero-order valence-corrected chi connectivity index (χ0v) is 12.8. The van der Waals surface area contributed by atoms with Crippen LogP contribution in [0.4, 0.5) is 0 Å². The van der Waals surface area contributed by atoms with E-state index in [4.69, 9.17) is 4.74 Å². The molecule has 6 nitrogen and oxygen atoms in total. The highest BCUT2D eigenvalue weighted by Gasteiger charge is 2.14. The van der Waals surface area contributed by atoms with Gasteiger partial charge in [-0.3, -0.25) is 4.79 Å². The maximum atomic E-state index is 12.2. The van der Waals surface area contributed by atoms with Crippen LogP contribution in [0.3, 0.4) is 0 Å². The summed E-state index contributed by atoms with van der Waals surface area (Å²) in [6.07, 6.45) is 1.59. The van der Waals surface area contributed by atoms with Gasteiger partial charge in [-0.1, -0.05) is 18.2 Å². The van der Waals surface area contributed by atoms with Crippen molar-refractivity contribution in [1.29, 1.82) is 0 Å². The molecule has 0 radical (unpaired) electrons. The standard InChI is InChI=1S/C16H21N3O3/c1-12-15(16(21)17-9-8-14(20)11-22-2)10-19(18-12)13-6-4-3-5-7-13/h3-7,10,14,20H,8-9,11H2,1-2H3,(H,17,21). The van der Waals surface area contributed by atoms with Gasteiger partial charge in [-0.05, 0) is 25.5 Å². The second-order valence-corrected chi connectivity index (χ2v) is 5.06. The largest absolute Gasteiger partial charge is 0.391 e. The van der Waals surface area contributed by atoms with Gasteiger partial charge in [-0.25, -0.2) is 4.68 Å². The Morgan fingerprint density at radius 3 is 2.82 bits per heavy atom. The van der Waals surface area contributed by atoms with E-state index in [1.165, 1.54) is 7.11 Å². The second kappa shape index (κ2) is 7.72. The van der Waals surface area contributed by atoms with Crippen LogP contribution in [-0.2, 0) is 4.74 Å². The quantitative estimate of drug-likeness (QED) is 0.808. The highest BCUT2D eigenvalue weighted by atomic mass is 16.5. The molecule has 0 aliphatic carbocycles. The topological polar surface area (TPSA) is 76.4 Å². The Kier molecular flexibility index (Phi) is 5.68. The summed E-state index contributed by atoms with van der Waals surface area (Å²) in [7, 11) is 1.53. The number of aliphatic hydroxyl groups is 1. The number of carbonyl (C=O) groups excluding carboxylic acids is 1. The molecule has 2 N–H and O–H groups in total. The molecular weight excluding hydrogens is 282 g/mol. The normalized spacial score (nSPS) is 12.1. The first-order valence-corrected chi connectivity index (χ1v) is 7.18. The maximum Gasteiger partial charge on any atom is 0.254 e. The molecule has 2 aromatic rings. The molecule has 1 heterocycles. The minimum atomic E-state index is -0.571. The van der Waals surface area contributed by atoms with E-state index in [0.29, 0.717) is 24.2 Å². The lowest BCUT2D eigenvalue weighted by molar-refractivity contribution is 0.0587. The van der Waals surface area contributed by atoms with Crippen molar-refractivity contribution in [1.82, 2.24) is 15.1 Å². The minimum absolute atomic E-state index is 0.190. The fourth-order valence-corrected chi connectivity index (χ4v) is 2.12. The van der Waals surface area contributed by atoms with E-state index in [1.807, 2.05) is 30.3 Å². The van der Waals surface area contributed by atoms with Gasteiger partial charge in [0.05, 0.1) is 29.7 Å². The third-order valence-electron chi connectivity index (χ3n) is 3.29. The van der Waals surface area contributed by atoms with Gasteiger partial charge in [-0.15, -0.1) is 0 Å². The van der Waals surface area contributed by atoms with Crippen LogP contribution in [0.5, 0.6) is 0 Å². The van der Waals surface area contributed by atoms with E-state index in [2.05, 4.69) is 10.4 Å². The van der Waals surface area contributed by atoms with Crippen molar-refractivity contribution >= 4 is 5.91 Å². The Labute approximate surface area is 129 Å². The van der Waals surface area contributed by atoms with Crippen molar-refractivity contribution < 1.29 is 14.6 Å². The van der Waals surface area contributed by atoms with Crippen molar-refractivity contribution in [2.24, 2.45) is 0 Å². The number of aromatic nitrogens is 2. The summed E-state index contributed by atoms with van der Waals surface area (Å²) in [4.78, 5) is 12.2. The molecule has 0 spiro atoms. The molecule has 0 saturated carbocycles. The van der Waals surface area contributed by atoms with E-state index >= 15 is 0 Å². The van der Waals surface area contributed by atoms with E-state index in [0.717, 1.165) is 5.69 Å². The molecule has 0 fully saturated rings. The molecular formula is C16H21N3O3. The molecule has 0 bridgehead atoms. The Morgan fingerprint density at radius 2 is 2.14 bits per heavy atom. The number of amides is 1. The third-order valence-corrected chi connectivity index (χ3v) is 3.29. The molecule has 22 heavy (non-hydrogen) atoms. The van der Waals surface area contributed by atoms with Crippen molar-refractivity contribution in [2.75, 3.05) is 20.3 Å². The van der Waals surface area contributed by atoms with Gasteiger partial charge in [0.25, 0.3) is 5.91 Å². The van der Waals surface area contributed by atoms with Crippen molar-refractivity contribution in [2.45, 2.75) is 19.4 Å². The minimum Gasteiger partial charge on any atom is -0.391 e.